The third kappa shape index (κ3) is 5.23. The number of hydrogen-bond acceptors (Lipinski definition) is 5. The second-order valence-corrected chi connectivity index (χ2v) is 6.34. The van der Waals surface area contributed by atoms with E-state index in [9.17, 15) is 4.79 Å². The Kier molecular flexibility index (Phi) is 6.86. The van der Waals surface area contributed by atoms with E-state index in [0.717, 1.165) is 25.1 Å². The van der Waals surface area contributed by atoms with Crippen LogP contribution in [0.5, 0.6) is 11.5 Å². The fourth-order valence-electron chi connectivity index (χ4n) is 2.91. The molecule has 0 radical (unpaired) electrons. The molecule has 0 spiro atoms. The Labute approximate surface area is 164 Å². The number of methoxy groups -OCH3 is 2. The summed E-state index contributed by atoms with van der Waals surface area (Å²) in [7, 11) is 3.09. The monoisotopic (exact) mass is 383 g/mol. The maximum Gasteiger partial charge on any atom is 0.258 e. The molecule has 0 aromatic heterocycles. The van der Waals surface area contributed by atoms with Gasteiger partial charge in [-0.15, -0.1) is 0 Å². The highest BCUT2D eigenvalue weighted by atomic mass is 16.5. The molecule has 3 rings (SSSR count). The van der Waals surface area contributed by atoms with Crippen LogP contribution in [0.2, 0.25) is 0 Å². The van der Waals surface area contributed by atoms with Crippen LogP contribution in [0.4, 0.5) is 5.69 Å². The maximum atomic E-state index is 12.7. The first-order chi connectivity index (χ1) is 13.7. The Morgan fingerprint density at radius 1 is 1.14 bits per heavy atom. The number of aliphatic imine (C=N–C) groups is 1. The Balaban J connectivity index is 1.75. The van der Waals surface area contributed by atoms with Gasteiger partial charge in [0.15, 0.2) is 11.5 Å². The summed E-state index contributed by atoms with van der Waals surface area (Å²) in [6.07, 6.45) is 2.11. The van der Waals surface area contributed by atoms with E-state index in [0.29, 0.717) is 29.6 Å². The molecule has 1 fully saturated rings. The number of nitrogens with one attached hydrogen (secondary N) is 2. The van der Waals surface area contributed by atoms with Gasteiger partial charge in [-0.1, -0.05) is 18.2 Å². The second-order valence-electron chi connectivity index (χ2n) is 6.34. The predicted molar refractivity (Wildman–Crippen MR) is 108 cm³/mol. The molecule has 0 unspecified atom stereocenters. The van der Waals surface area contributed by atoms with Crippen LogP contribution in [0.1, 0.15) is 23.2 Å². The van der Waals surface area contributed by atoms with Crippen molar-refractivity contribution in [1.29, 1.82) is 0 Å². The molecule has 0 saturated carbocycles. The largest absolute Gasteiger partial charge is 0.493 e. The molecule has 2 N–H and O–H groups in total. The van der Waals surface area contributed by atoms with Gasteiger partial charge in [-0.3, -0.25) is 10.1 Å². The number of carbonyl (C=O) groups excluding carboxylic acids is 1. The van der Waals surface area contributed by atoms with Crippen LogP contribution in [0.15, 0.2) is 53.5 Å². The molecule has 1 aliphatic heterocycles. The lowest BCUT2D eigenvalue weighted by Gasteiger charge is -2.14. The van der Waals surface area contributed by atoms with Crippen molar-refractivity contribution in [3.8, 4) is 11.5 Å². The SMILES string of the molecule is COc1ccc(C(=O)NC(=NC[C@H]2CCCO2)Nc2ccccc2)cc1OC. The number of nitrogens with zero attached hydrogens (tertiary/aromatic N) is 1. The van der Waals surface area contributed by atoms with Crippen LogP contribution in [0.25, 0.3) is 0 Å². The van der Waals surface area contributed by atoms with Crippen LogP contribution in [-0.2, 0) is 4.74 Å². The first-order valence-electron chi connectivity index (χ1n) is 9.21. The first-order valence-corrected chi connectivity index (χ1v) is 9.21. The lowest BCUT2D eigenvalue weighted by molar-refractivity contribution is 0.0975. The second kappa shape index (κ2) is 9.75. The van der Waals surface area contributed by atoms with E-state index in [1.54, 1.807) is 25.3 Å². The highest BCUT2D eigenvalue weighted by Crippen LogP contribution is 2.27. The van der Waals surface area contributed by atoms with E-state index in [2.05, 4.69) is 15.6 Å². The minimum Gasteiger partial charge on any atom is -0.493 e. The number of amides is 1. The normalized spacial score (nSPS) is 16.5. The van der Waals surface area contributed by atoms with E-state index < -0.39 is 0 Å². The topological polar surface area (TPSA) is 81.2 Å². The summed E-state index contributed by atoms with van der Waals surface area (Å²) in [6, 6.07) is 14.6. The smallest absolute Gasteiger partial charge is 0.258 e. The molecule has 0 bridgehead atoms. The van der Waals surface area contributed by atoms with Gasteiger partial charge in [0, 0.05) is 17.9 Å². The van der Waals surface area contributed by atoms with Crippen LogP contribution in [-0.4, -0.2) is 45.3 Å². The van der Waals surface area contributed by atoms with E-state index >= 15 is 0 Å². The summed E-state index contributed by atoms with van der Waals surface area (Å²) in [5, 5.41) is 6.00. The molecule has 148 valence electrons. The van der Waals surface area contributed by atoms with Crippen molar-refractivity contribution >= 4 is 17.6 Å². The Bertz CT molecular complexity index is 818. The zero-order valence-corrected chi connectivity index (χ0v) is 16.1. The minimum atomic E-state index is -0.296. The summed E-state index contributed by atoms with van der Waals surface area (Å²) in [6.45, 7) is 1.25. The number of hydrogen-bond donors (Lipinski definition) is 2. The lowest BCUT2D eigenvalue weighted by atomic mass is 10.2. The van der Waals surface area contributed by atoms with Crippen LogP contribution < -0.4 is 20.1 Å². The molecule has 7 nitrogen and oxygen atoms in total. The summed E-state index contributed by atoms with van der Waals surface area (Å²) < 4.78 is 16.1. The average molecular weight is 383 g/mol. The summed E-state index contributed by atoms with van der Waals surface area (Å²) in [5.41, 5.74) is 1.28. The first kappa shape index (κ1) is 19.7. The van der Waals surface area contributed by atoms with Gasteiger partial charge in [-0.05, 0) is 43.2 Å². The summed E-state index contributed by atoms with van der Waals surface area (Å²) in [4.78, 5) is 17.3. The zero-order valence-electron chi connectivity index (χ0n) is 16.1. The number of benzene rings is 2. The number of guanidine groups is 1. The number of para-hydroxylation sites is 1. The average Bonchev–Trinajstić information content (AvgIpc) is 3.26. The van der Waals surface area contributed by atoms with Crippen molar-refractivity contribution in [2.75, 3.05) is 32.7 Å². The molecule has 1 saturated heterocycles. The van der Waals surface area contributed by atoms with E-state index in [4.69, 9.17) is 14.2 Å². The van der Waals surface area contributed by atoms with Gasteiger partial charge in [0.1, 0.15) is 0 Å². The van der Waals surface area contributed by atoms with Crippen molar-refractivity contribution in [3.05, 3.63) is 54.1 Å². The van der Waals surface area contributed by atoms with Crippen molar-refractivity contribution in [3.63, 3.8) is 0 Å². The van der Waals surface area contributed by atoms with Crippen LogP contribution >= 0.6 is 0 Å². The molecule has 7 heteroatoms. The Morgan fingerprint density at radius 3 is 2.61 bits per heavy atom. The summed E-state index contributed by atoms with van der Waals surface area (Å²) in [5.74, 6) is 1.13. The van der Waals surface area contributed by atoms with Gasteiger partial charge < -0.3 is 19.5 Å². The molecular formula is C21H25N3O4. The van der Waals surface area contributed by atoms with Crippen molar-refractivity contribution < 1.29 is 19.0 Å². The highest BCUT2D eigenvalue weighted by Gasteiger charge is 2.17. The molecule has 1 amide bonds. The lowest BCUT2D eigenvalue weighted by Crippen LogP contribution is -2.36. The summed E-state index contributed by atoms with van der Waals surface area (Å²) >= 11 is 0. The minimum absolute atomic E-state index is 0.0885. The van der Waals surface area contributed by atoms with E-state index in [-0.39, 0.29) is 12.0 Å². The zero-order chi connectivity index (χ0) is 19.8. The van der Waals surface area contributed by atoms with Gasteiger partial charge in [0.2, 0.25) is 5.96 Å². The van der Waals surface area contributed by atoms with Crippen LogP contribution in [0, 0.1) is 0 Å². The van der Waals surface area contributed by atoms with Gasteiger partial charge in [0.25, 0.3) is 5.91 Å². The molecule has 28 heavy (non-hydrogen) atoms. The number of ether oxygens (including phenoxy) is 3. The van der Waals surface area contributed by atoms with Crippen LogP contribution in [0.3, 0.4) is 0 Å². The van der Waals surface area contributed by atoms with Crippen molar-refractivity contribution in [2.24, 2.45) is 4.99 Å². The number of rotatable bonds is 6. The fraction of sp³-hybridized carbons (Fsp3) is 0.333. The van der Waals surface area contributed by atoms with Gasteiger partial charge in [0.05, 0.1) is 26.9 Å². The Morgan fingerprint density at radius 2 is 1.93 bits per heavy atom. The van der Waals surface area contributed by atoms with Gasteiger partial charge >= 0.3 is 0 Å². The predicted octanol–water partition coefficient (Wildman–Crippen LogP) is 3.08. The highest BCUT2D eigenvalue weighted by molar-refractivity contribution is 6.10. The molecule has 0 aliphatic carbocycles. The third-order valence-corrected chi connectivity index (χ3v) is 4.39. The number of anilines is 1. The molecule has 2 aromatic rings. The van der Waals surface area contributed by atoms with E-state index in [1.807, 2.05) is 30.3 Å². The standard InChI is InChI=1S/C21H25N3O4/c1-26-18-11-10-15(13-19(18)27-2)20(25)24-21(22-14-17-9-6-12-28-17)23-16-7-4-3-5-8-16/h3-5,7-8,10-11,13,17H,6,9,12,14H2,1-2H3,(H2,22,23,24,25)/t17-/m1/s1. The molecule has 1 heterocycles. The third-order valence-electron chi connectivity index (χ3n) is 4.39. The molecule has 2 aromatic carbocycles. The van der Waals surface area contributed by atoms with Gasteiger partial charge in [-0.25, -0.2) is 4.99 Å². The molecule has 1 aliphatic rings. The van der Waals surface area contributed by atoms with Crippen molar-refractivity contribution in [2.45, 2.75) is 18.9 Å². The maximum absolute atomic E-state index is 12.7. The quantitative estimate of drug-likeness (QED) is 0.592. The van der Waals surface area contributed by atoms with Gasteiger partial charge in [-0.2, -0.15) is 0 Å². The molecular weight excluding hydrogens is 358 g/mol. The van der Waals surface area contributed by atoms with E-state index in [1.165, 1.54) is 7.11 Å². The Hall–Kier alpha value is -3.06. The molecule has 1 atom stereocenters. The fourth-order valence-corrected chi connectivity index (χ4v) is 2.91. The van der Waals surface area contributed by atoms with Crippen molar-refractivity contribution in [1.82, 2.24) is 5.32 Å². The number of carbonyl (C=O) groups is 1.